The van der Waals surface area contributed by atoms with Crippen molar-refractivity contribution in [1.82, 2.24) is 4.57 Å². The second-order valence-corrected chi connectivity index (χ2v) is 7.51. The van der Waals surface area contributed by atoms with Crippen LogP contribution in [-0.2, 0) is 11.8 Å². The number of pyridine rings is 1. The van der Waals surface area contributed by atoms with Crippen molar-refractivity contribution in [3.8, 4) is 11.5 Å². The van der Waals surface area contributed by atoms with Gasteiger partial charge in [-0.05, 0) is 57.9 Å². The Morgan fingerprint density at radius 1 is 1.14 bits per heavy atom. The summed E-state index contributed by atoms with van der Waals surface area (Å²) in [7, 11) is 5.52. The van der Waals surface area contributed by atoms with Crippen LogP contribution in [0.3, 0.4) is 0 Å². The van der Waals surface area contributed by atoms with Gasteiger partial charge in [-0.3, -0.25) is 9.59 Å². The van der Waals surface area contributed by atoms with Crippen LogP contribution in [0.2, 0.25) is 0 Å². The zero-order valence-corrected chi connectivity index (χ0v) is 18.1. The molecule has 0 bridgehead atoms. The van der Waals surface area contributed by atoms with Gasteiger partial charge in [0.2, 0.25) is 5.75 Å². The number of carbonyl (C=O) groups excluding carboxylic acids is 1. The summed E-state index contributed by atoms with van der Waals surface area (Å²) in [5.41, 5.74) is 3.74. The standard InChI is InChI=1S/C23H30N2O4/c1-16(2)8-7-9-17(3)12-13-28-21-19-11-10-18(24(4)5)14-20(19)25(6)23(27)22(21)29-15-26/h8,10-12,14-15H,7,9,13H2,1-6H3. The zero-order valence-electron chi connectivity index (χ0n) is 18.1. The van der Waals surface area contributed by atoms with Crippen molar-refractivity contribution in [1.29, 1.82) is 0 Å². The Morgan fingerprint density at radius 2 is 1.86 bits per heavy atom. The Kier molecular flexibility index (Phi) is 7.65. The fraction of sp³-hybridized carbons (Fsp3) is 0.391. The number of aryl methyl sites for hydroxylation is 1. The van der Waals surface area contributed by atoms with E-state index in [0.717, 1.165) is 18.5 Å². The quantitative estimate of drug-likeness (QED) is 0.468. The van der Waals surface area contributed by atoms with Crippen LogP contribution >= 0.6 is 0 Å². The molecule has 0 fully saturated rings. The lowest BCUT2D eigenvalue weighted by Gasteiger charge is -2.17. The van der Waals surface area contributed by atoms with E-state index in [1.165, 1.54) is 15.7 Å². The number of fused-ring (bicyclic) bond motifs is 1. The van der Waals surface area contributed by atoms with Gasteiger partial charge in [-0.25, -0.2) is 0 Å². The molecular formula is C23H30N2O4. The average molecular weight is 399 g/mol. The van der Waals surface area contributed by atoms with Gasteiger partial charge in [0.25, 0.3) is 12.0 Å². The molecule has 0 N–H and O–H groups in total. The van der Waals surface area contributed by atoms with E-state index in [0.29, 0.717) is 10.9 Å². The number of anilines is 1. The van der Waals surface area contributed by atoms with Crippen LogP contribution in [0.1, 0.15) is 33.6 Å². The van der Waals surface area contributed by atoms with Gasteiger partial charge in [0.15, 0.2) is 5.75 Å². The Bertz CT molecular complexity index is 996. The van der Waals surface area contributed by atoms with Crippen LogP contribution in [0.5, 0.6) is 11.5 Å². The van der Waals surface area contributed by atoms with Gasteiger partial charge >= 0.3 is 0 Å². The second-order valence-electron chi connectivity index (χ2n) is 7.51. The lowest BCUT2D eigenvalue weighted by Crippen LogP contribution is -2.21. The molecule has 2 rings (SSSR count). The predicted octanol–water partition coefficient (Wildman–Crippen LogP) is 4.21. The molecule has 6 heteroatoms. The molecule has 0 amide bonds. The first kappa shape index (κ1) is 22.3. The van der Waals surface area contributed by atoms with Crippen LogP contribution < -0.4 is 19.9 Å². The highest BCUT2D eigenvalue weighted by atomic mass is 16.5. The first-order chi connectivity index (χ1) is 13.8. The van der Waals surface area contributed by atoms with E-state index in [4.69, 9.17) is 9.47 Å². The van der Waals surface area contributed by atoms with Gasteiger partial charge in [-0.2, -0.15) is 0 Å². The summed E-state index contributed by atoms with van der Waals surface area (Å²) in [6, 6.07) is 5.72. The van der Waals surface area contributed by atoms with E-state index >= 15 is 0 Å². The molecule has 0 radical (unpaired) electrons. The summed E-state index contributed by atoms with van der Waals surface area (Å²) < 4.78 is 12.4. The Labute approximate surface area is 172 Å². The van der Waals surface area contributed by atoms with Crippen LogP contribution in [0.25, 0.3) is 10.9 Å². The van der Waals surface area contributed by atoms with Gasteiger partial charge in [-0.15, -0.1) is 0 Å². The summed E-state index contributed by atoms with van der Waals surface area (Å²) in [5, 5.41) is 0.713. The van der Waals surface area contributed by atoms with E-state index in [1.807, 2.05) is 43.3 Å². The van der Waals surface area contributed by atoms with E-state index in [1.54, 1.807) is 7.05 Å². The second kappa shape index (κ2) is 9.96. The van der Waals surface area contributed by atoms with Gasteiger partial charge in [0.1, 0.15) is 6.61 Å². The summed E-state index contributed by atoms with van der Waals surface area (Å²) in [5.74, 6) is 0.192. The molecule has 0 spiro atoms. The molecule has 29 heavy (non-hydrogen) atoms. The molecule has 156 valence electrons. The van der Waals surface area contributed by atoms with Crippen molar-refractivity contribution in [2.75, 3.05) is 25.6 Å². The third-order valence-electron chi connectivity index (χ3n) is 4.73. The highest BCUT2D eigenvalue weighted by molar-refractivity contribution is 5.90. The van der Waals surface area contributed by atoms with Gasteiger partial charge in [0.05, 0.1) is 5.52 Å². The smallest absolute Gasteiger partial charge is 0.298 e. The third-order valence-corrected chi connectivity index (χ3v) is 4.73. The molecule has 0 saturated heterocycles. The summed E-state index contributed by atoms with van der Waals surface area (Å²) in [6.45, 7) is 6.76. The maximum absolute atomic E-state index is 12.7. The molecule has 0 atom stereocenters. The molecule has 0 unspecified atom stereocenters. The highest BCUT2D eigenvalue weighted by Crippen LogP contribution is 2.34. The Balaban J connectivity index is 2.41. The minimum Gasteiger partial charge on any atom is -0.485 e. The van der Waals surface area contributed by atoms with E-state index in [-0.39, 0.29) is 24.6 Å². The molecule has 1 heterocycles. The summed E-state index contributed by atoms with van der Waals surface area (Å²) in [4.78, 5) is 25.7. The lowest BCUT2D eigenvalue weighted by atomic mass is 10.1. The number of ether oxygens (including phenoxy) is 2. The molecule has 0 aliphatic heterocycles. The van der Waals surface area contributed by atoms with Crippen LogP contribution in [0, 0.1) is 0 Å². The average Bonchev–Trinajstić information content (AvgIpc) is 2.67. The number of hydrogen-bond acceptors (Lipinski definition) is 5. The fourth-order valence-corrected chi connectivity index (χ4v) is 3.00. The van der Waals surface area contributed by atoms with Crippen molar-refractivity contribution in [3.63, 3.8) is 0 Å². The SMILES string of the molecule is CC(C)=CCCC(C)=CCOc1c(OC=O)c(=O)n(C)c2cc(N(C)C)ccc12. The van der Waals surface area contributed by atoms with Crippen LogP contribution in [-0.4, -0.2) is 31.7 Å². The molecule has 0 saturated carbocycles. The van der Waals surface area contributed by atoms with E-state index in [2.05, 4.69) is 26.8 Å². The minimum absolute atomic E-state index is 0.0943. The Hall–Kier alpha value is -3.02. The van der Waals surface area contributed by atoms with Crippen LogP contribution in [0.15, 0.2) is 46.3 Å². The number of hydrogen-bond donors (Lipinski definition) is 0. The number of rotatable bonds is 9. The number of allylic oxidation sites excluding steroid dienone is 3. The van der Waals surface area contributed by atoms with Crippen molar-refractivity contribution >= 4 is 23.1 Å². The first-order valence-corrected chi connectivity index (χ1v) is 9.62. The topological polar surface area (TPSA) is 60.8 Å². The van der Waals surface area contributed by atoms with Crippen molar-refractivity contribution in [2.24, 2.45) is 7.05 Å². The molecule has 2 aromatic rings. The van der Waals surface area contributed by atoms with Crippen molar-refractivity contribution in [3.05, 3.63) is 51.9 Å². The molecule has 0 aliphatic carbocycles. The summed E-state index contributed by atoms with van der Waals surface area (Å²) in [6.07, 6.45) is 6.11. The fourth-order valence-electron chi connectivity index (χ4n) is 3.00. The largest absolute Gasteiger partial charge is 0.485 e. The van der Waals surface area contributed by atoms with E-state index in [9.17, 15) is 9.59 Å². The highest BCUT2D eigenvalue weighted by Gasteiger charge is 2.19. The molecule has 6 nitrogen and oxygen atoms in total. The monoisotopic (exact) mass is 398 g/mol. The first-order valence-electron chi connectivity index (χ1n) is 9.62. The number of benzene rings is 1. The van der Waals surface area contributed by atoms with Gasteiger partial charge < -0.3 is 18.9 Å². The van der Waals surface area contributed by atoms with Crippen molar-refractivity contribution < 1.29 is 14.3 Å². The minimum atomic E-state index is -0.417. The molecular weight excluding hydrogens is 368 g/mol. The van der Waals surface area contributed by atoms with Gasteiger partial charge in [-0.1, -0.05) is 17.2 Å². The molecule has 0 aliphatic rings. The molecule has 1 aromatic heterocycles. The maximum atomic E-state index is 12.7. The Morgan fingerprint density at radius 3 is 2.48 bits per heavy atom. The van der Waals surface area contributed by atoms with Crippen LogP contribution in [0.4, 0.5) is 5.69 Å². The lowest BCUT2D eigenvalue weighted by molar-refractivity contribution is -0.120. The zero-order chi connectivity index (χ0) is 21.6. The normalized spacial score (nSPS) is 11.3. The third kappa shape index (κ3) is 5.50. The summed E-state index contributed by atoms with van der Waals surface area (Å²) >= 11 is 0. The number of aromatic nitrogens is 1. The van der Waals surface area contributed by atoms with Crippen molar-refractivity contribution in [2.45, 2.75) is 33.6 Å². The maximum Gasteiger partial charge on any atom is 0.298 e. The molecule has 1 aromatic carbocycles. The number of carbonyl (C=O) groups is 1. The number of nitrogens with zero attached hydrogens (tertiary/aromatic N) is 2. The van der Waals surface area contributed by atoms with E-state index < -0.39 is 5.56 Å². The predicted molar refractivity (Wildman–Crippen MR) is 118 cm³/mol. The van der Waals surface area contributed by atoms with Gasteiger partial charge in [0, 0.05) is 32.2 Å².